The van der Waals surface area contributed by atoms with Crippen molar-refractivity contribution in [1.82, 2.24) is 0 Å². The minimum absolute atomic E-state index is 0.0788. The Kier molecular flexibility index (Phi) is 46.4. The van der Waals surface area contributed by atoms with Gasteiger partial charge >= 0.3 is 17.9 Å². The summed E-state index contributed by atoms with van der Waals surface area (Å²) in [5, 5.41) is 0. The molecule has 0 radical (unpaired) electrons. The highest BCUT2D eigenvalue weighted by molar-refractivity contribution is 5.71. The summed E-state index contributed by atoms with van der Waals surface area (Å²) in [5.41, 5.74) is 0. The van der Waals surface area contributed by atoms with Gasteiger partial charge in [0, 0.05) is 19.3 Å². The number of rotatable bonds is 46. The Morgan fingerprint density at radius 3 is 1.03 bits per heavy atom. The Labute approximate surface area is 365 Å². The topological polar surface area (TPSA) is 78.9 Å². The predicted octanol–water partition coefficient (Wildman–Crippen LogP) is 16.5. The standard InChI is InChI=1S/C53H96O6/c1-4-7-10-13-16-19-22-24-26-28-29-31-34-37-40-43-46-52(55)58-49-50(48-57-51(54)45-42-39-36-33-21-18-15-12-9-6-3)59-53(56)47-44-41-38-35-32-30-27-25-23-20-17-14-11-8-5-2/h12,15,19,22,26,28,50H,4-11,13-14,16-18,20-21,23-25,27,29-49H2,1-3H3/b15-12-,22-19-,28-26-. The van der Waals surface area contributed by atoms with Crippen molar-refractivity contribution >= 4 is 17.9 Å². The van der Waals surface area contributed by atoms with Crippen LogP contribution >= 0.6 is 0 Å². The molecule has 1 unspecified atom stereocenters. The molecule has 344 valence electrons. The van der Waals surface area contributed by atoms with Gasteiger partial charge in [0.2, 0.25) is 0 Å². The molecule has 0 aromatic rings. The normalized spacial score (nSPS) is 12.3. The molecular formula is C53H96O6. The molecule has 0 aliphatic carbocycles. The maximum atomic E-state index is 12.8. The summed E-state index contributed by atoms with van der Waals surface area (Å²) < 4.78 is 16.8. The predicted molar refractivity (Wildman–Crippen MR) is 252 cm³/mol. The van der Waals surface area contributed by atoms with E-state index in [-0.39, 0.29) is 31.1 Å². The molecule has 0 spiro atoms. The van der Waals surface area contributed by atoms with Crippen LogP contribution in [0.5, 0.6) is 0 Å². The van der Waals surface area contributed by atoms with Crippen molar-refractivity contribution in [1.29, 1.82) is 0 Å². The molecule has 0 saturated heterocycles. The maximum Gasteiger partial charge on any atom is 0.306 e. The fourth-order valence-electron chi connectivity index (χ4n) is 7.24. The van der Waals surface area contributed by atoms with E-state index >= 15 is 0 Å². The number of hydrogen-bond donors (Lipinski definition) is 0. The van der Waals surface area contributed by atoms with Gasteiger partial charge in [-0.05, 0) is 70.6 Å². The van der Waals surface area contributed by atoms with Crippen LogP contribution in [0.2, 0.25) is 0 Å². The van der Waals surface area contributed by atoms with Crippen molar-refractivity contribution in [3.63, 3.8) is 0 Å². The van der Waals surface area contributed by atoms with Gasteiger partial charge in [0.1, 0.15) is 13.2 Å². The lowest BCUT2D eigenvalue weighted by Gasteiger charge is -2.18. The van der Waals surface area contributed by atoms with Gasteiger partial charge < -0.3 is 14.2 Å². The monoisotopic (exact) mass is 829 g/mol. The van der Waals surface area contributed by atoms with Crippen molar-refractivity contribution < 1.29 is 28.6 Å². The molecular weight excluding hydrogens is 733 g/mol. The SMILES string of the molecule is CCC/C=C\CCCCCCCC(=O)OCC(COC(=O)CCCCCCC/C=C\C/C=C\CCCCCC)OC(=O)CCCCCCCCCCCCCCCCC. The van der Waals surface area contributed by atoms with Gasteiger partial charge in [-0.15, -0.1) is 0 Å². The molecule has 0 bridgehead atoms. The van der Waals surface area contributed by atoms with Crippen molar-refractivity contribution in [2.45, 2.75) is 271 Å². The molecule has 0 fully saturated rings. The van der Waals surface area contributed by atoms with Crippen LogP contribution in [0.3, 0.4) is 0 Å². The van der Waals surface area contributed by atoms with Crippen LogP contribution in [0, 0.1) is 0 Å². The van der Waals surface area contributed by atoms with Gasteiger partial charge in [0.25, 0.3) is 0 Å². The highest BCUT2D eigenvalue weighted by Crippen LogP contribution is 2.15. The fraction of sp³-hybridized carbons (Fsp3) is 0.830. The second kappa shape index (κ2) is 48.3. The molecule has 0 saturated carbocycles. The Morgan fingerprint density at radius 2 is 0.644 bits per heavy atom. The minimum atomic E-state index is -0.776. The van der Waals surface area contributed by atoms with Gasteiger partial charge in [-0.1, -0.05) is 211 Å². The molecule has 0 heterocycles. The van der Waals surface area contributed by atoms with Gasteiger partial charge in [0.15, 0.2) is 6.10 Å². The summed E-state index contributed by atoms with van der Waals surface area (Å²) in [5.74, 6) is -0.893. The summed E-state index contributed by atoms with van der Waals surface area (Å²) in [4.78, 5) is 37.9. The third kappa shape index (κ3) is 46.5. The molecule has 0 amide bonds. The van der Waals surface area contributed by atoms with E-state index in [1.807, 2.05) is 0 Å². The highest BCUT2D eigenvalue weighted by atomic mass is 16.6. The lowest BCUT2D eigenvalue weighted by atomic mass is 10.0. The number of carbonyl (C=O) groups is 3. The van der Waals surface area contributed by atoms with E-state index in [1.165, 1.54) is 135 Å². The molecule has 59 heavy (non-hydrogen) atoms. The van der Waals surface area contributed by atoms with Crippen molar-refractivity contribution in [3.8, 4) is 0 Å². The smallest absolute Gasteiger partial charge is 0.306 e. The molecule has 0 rings (SSSR count). The molecule has 0 N–H and O–H groups in total. The van der Waals surface area contributed by atoms with E-state index in [0.29, 0.717) is 19.3 Å². The highest BCUT2D eigenvalue weighted by Gasteiger charge is 2.19. The summed E-state index contributed by atoms with van der Waals surface area (Å²) in [6.45, 7) is 6.56. The van der Waals surface area contributed by atoms with Crippen LogP contribution in [0.25, 0.3) is 0 Å². The first kappa shape index (κ1) is 56.6. The number of ether oxygens (including phenoxy) is 3. The van der Waals surface area contributed by atoms with Crippen LogP contribution in [0.1, 0.15) is 265 Å². The third-order valence-electron chi connectivity index (χ3n) is 11.1. The van der Waals surface area contributed by atoms with Crippen LogP contribution in [0.4, 0.5) is 0 Å². The second-order valence-corrected chi connectivity index (χ2v) is 17.1. The van der Waals surface area contributed by atoms with E-state index in [2.05, 4.69) is 57.2 Å². The van der Waals surface area contributed by atoms with Crippen LogP contribution in [-0.4, -0.2) is 37.2 Å². The zero-order valence-corrected chi connectivity index (χ0v) is 39.3. The van der Waals surface area contributed by atoms with E-state index < -0.39 is 6.10 Å². The van der Waals surface area contributed by atoms with Crippen LogP contribution in [-0.2, 0) is 28.6 Å². The van der Waals surface area contributed by atoms with E-state index in [4.69, 9.17) is 14.2 Å². The Morgan fingerprint density at radius 1 is 0.339 bits per heavy atom. The van der Waals surface area contributed by atoms with Crippen molar-refractivity contribution in [2.75, 3.05) is 13.2 Å². The number of hydrogen-bond acceptors (Lipinski definition) is 6. The summed E-state index contributed by atoms with van der Waals surface area (Å²) in [6.07, 6.45) is 55.5. The third-order valence-corrected chi connectivity index (χ3v) is 11.1. The zero-order chi connectivity index (χ0) is 43.0. The Balaban J connectivity index is 4.35. The first-order valence-corrected chi connectivity index (χ1v) is 25.5. The average molecular weight is 829 g/mol. The maximum absolute atomic E-state index is 12.8. The molecule has 6 heteroatoms. The van der Waals surface area contributed by atoms with Crippen molar-refractivity contribution in [2.24, 2.45) is 0 Å². The van der Waals surface area contributed by atoms with Gasteiger partial charge in [0.05, 0.1) is 0 Å². The molecule has 1 atom stereocenters. The number of allylic oxidation sites excluding steroid dienone is 6. The lowest BCUT2D eigenvalue weighted by Crippen LogP contribution is -2.30. The van der Waals surface area contributed by atoms with E-state index in [9.17, 15) is 14.4 Å². The summed E-state index contributed by atoms with van der Waals surface area (Å²) >= 11 is 0. The van der Waals surface area contributed by atoms with E-state index in [1.54, 1.807) is 0 Å². The fourth-order valence-corrected chi connectivity index (χ4v) is 7.24. The molecule has 6 nitrogen and oxygen atoms in total. The Bertz CT molecular complexity index is 1000. The van der Waals surface area contributed by atoms with Gasteiger partial charge in [-0.25, -0.2) is 0 Å². The number of carbonyl (C=O) groups excluding carboxylic acids is 3. The van der Waals surface area contributed by atoms with Crippen molar-refractivity contribution in [3.05, 3.63) is 36.5 Å². The lowest BCUT2D eigenvalue weighted by molar-refractivity contribution is -0.167. The molecule has 0 aromatic heterocycles. The summed E-state index contributed by atoms with van der Waals surface area (Å²) in [7, 11) is 0. The van der Waals surface area contributed by atoms with Gasteiger partial charge in [-0.2, -0.15) is 0 Å². The quantitative estimate of drug-likeness (QED) is 0.0263. The van der Waals surface area contributed by atoms with Gasteiger partial charge in [-0.3, -0.25) is 14.4 Å². The zero-order valence-electron chi connectivity index (χ0n) is 39.3. The molecule has 0 aliphatic rings. The number of unbranched alkanes of at least 4 members (excludes halogenated alkanes) is 29. The van der Waals surface area contributed by atoms with E-state index in [0.717, 1.165) is 89.9 Å². The minimum Gasteiger partial charge on any atom is -0.462 e. The van der Waals surface area contributed by atoms with Crippen LogP contribution in [0.15, 0.2) is 36.5 Å². The first-order valence-electron chi connectivity index (χ1n) is 25.5. The second-order valence-electron chi connectivity index (χ2n) is 17.1. The molecule has 0 aromatic carbocycles. The van der Waals surface area contributed by atoms with Crippen LogP contribution < -0.4 is 0 Å². The number of esters is 3. The molecule has 0 aliphatic heterocycles. The first-order chi connectivity index (χ1) is 29.0. The summed E-state index contributed by atoms with van der Waals surface area (Å²) in [6, 6.07) is 0. The average Bonchev–Trinajstić information content (AvgIpc) is 3.23. The largest absolute Gasteiger partial charge is 0.462 e. The Hall–Kier alpha value is -2.37.